The van der Waals surface area contributed by atoms with Crippen molar-refractivity contribution >= 4 is 17.6 Å². The lowest BCUT2D eigenvalue weighted by atomic mass is 9.92. The highest BCUT2D eigenvalue weighted by Crippen LogP contribution is 2.44. The minimum Gasteiger partial charge on any atom is -0.333 e. The van der Waals surface area contributed by atoms with Gasteiger partial charge in [0.05, 0.1) is 46.7 Å². The molecule has 0 fully saturated rings. The molecule has 1 atom stereocenters. The predicted octanol–water partition coefficient (Wildman–Crippen LogP) is 4.03. The Bertz CT molecular complexity index is 1220. The van der Waals surface area contributed by atoms with E-state index in [4.69, 9.17) is 11.0 Å². The molecule has 0 saturated carbocycles. The van der Waals surface area contributed by atoms with Gasteiger partial charge < -0.3 is 15.5 Å². The fourth-order valence-corrected chi connectivity index (χ4v) is 4.52. The molecule has 0 aliphatic carbocycles. The Labute approximate surface area is 200 Å². The van der Waals surface area contributed by atoms with Crippen molar-refractivity contribution in [2.45, 2.75) is 25.6 Å². The first-order valence-corrected chi connectivity index (χ1v) is 11.2. The lowest BCUT2D eigenvalue weighted by Crippen LogP contribution is -2.51. The molecule has 2 heterocycles. The first kappa shape index (κ1) is 24.3. The van der Waals surface area contributed by atoms with Gasteiger partial charge in [0.25, 0.3) is 5.91 Å². The number of likely N-dealkylation sites (N-methyl/N-ethyl adjacent to an activating group) is 1. The van der Waals surface area contributed by atoms with Gasteiger partial charge in [0.15, 0.2) is 0 Å². The van der Waals surface area contributed by atoms with Gasteiger partial charge >= 0.3 is 12.2 Å². The molecule has 10 heteroatoms. The van der Waals surface area contributed by atoms with Gasteiger partial charge in [-0.05, 0) is 55.8 Å². The number of nitrogens with two attached hydrogens (primary N) is 1. The Kier molecular flexibility index (Phi) is 6.54. The first-order valence-electron chi connectivity index (χ1n) is 11.2. The van der Waals surface area contributed by atoms with Crippen molar-refractivity contribution in [3.05, 3.63) is 76.5 Å². The molecule has 7 nitrogen and oxygen atoms in total. The number of amides is 3. The second-order valence-electron chi connectivity index (χ2n) is 8.32. The van der Waals surface area contributed by atoms with E-state index in [0.717, 1.165) is 12.1 Å². The van der Waals surface area contributed by atoms with Crippen LogP contribution >= 0.6 is 0 Å². The Morgan fingerprint density at radius 3 is 2.46 bits per heavy atom. The summed E-state index contributed by atoms with van der Waals surface area (Å²) in [5.74, 6) is -0.279. The minimum absolute atomic E-state index is 0.0408. The zero-order valence-corrected chi connectivity index (χ0v) is 19.0. The van der Waals surface area contributed by atoms with Crippen molar-refractivity contribution < 1.29 is 22.8 Å². The van der Waals surface area contributed by atoms with E-state index in [1.165, 1.54) is 21.9 Å². The van der Waals surface area contributed by atoms with Crippen LogP contribution in [0.25, 0.3) is 0 Å². The number of hydrogen-bond acceptors (Lipinski definition) is 4. The number of carbonyl (C=O) groups excluding carboxylic acids is 2. The summed E-state index contributed by atoms with van der Waals surface area (Å²) < 4.78 is 40.3. The van der Waals surface area contributed by atoms with Crippen molar-refractivity contribution in [1.29, 1.82) is 5.26 Å². The fraction of sp³-hybridized carbons (Fsp3) is 0.320. The van der Waals surface area contributed by atoms with Crippen LogP contribution in [0.4, 0.5) is 23.7 Å². The SMILES string of the molecule is CCN1CC2=C(C1=O)[C@@H](c1ccc(C#N)cc1)N(CCCN)C(=O)N2c1cccc(C(F)(F)F)c1. The van der Waals surface area contributed by atoms with Gasteiger partial charge in [0.2, 0.25) is 0 Å². The summed E-state index contributed by atoms with van der Waals surface area (Å²) in [7, 11) is 0. The fourth-order valence-electron chi connectivity index (χ4n) is 4.52. The number of halogens is 3. The molecule has 4 rings (SSSR count). The highest BCUT2D eigenvalue weighted by molar-refractivity contribution is 6.07. The van der Waals surface area contributed by atoms with E-state index in [0.29, 0.717) is 35.4 Å². The standard InChI is InChI=1S/C25H24F3N5O2/c1-2-31-15-20-21(23(31)34)22(17-9-7-16(14-30)8-10-17)32(12-4-11-29)24(35)33(20)19-6-3-5-18(13-19)25(26,27)28/h3,5-10,13,22H,2,4,11-12,15,29H2,1H3/t22-/m1/s1. The number of alkyl halides is 3. The van der Waals surface area contributed by atoms with Crippen LogP contribution in [0.5, 0.6) is 0 Å². The first-order chi connectivity index (χ1) is 16.7. The number of benzene rings is 2. The van der Waals surface area contributed by atoms with Gasteiger partial charge in [-0.1, -0.05) is 18.2 Å². The van der Waals surface area contributed by atoms with E-state index in [1.807, 2.05) is 6.07 Å². The van der Waals surface area contributed by atoms with Gasteiger partial charge in [-0.3, -0.25) is 9.69 Å². The summed E-state index contributed by atoms with van der Waals surface area (Å²) in [6.45, 7) is 2.76. The summed E-state index contributed by atoms with van der Waals surface area (Å²) in [5, 5.41) is 9.16. The van der Waals surface area contributed by atoms with Crippen molar-refractivity contribution in [3.63, 3.8) is 0 Å². The average molecular weight is 483 g/mol. The summed E-state index contributed by atoms with van der Waals surface area (Å²) >= 11 is 0. The normalized spacial score (nSPS) is 18.3. The molecule has 0 aromatic heterocycles. The number of nitrogens with zero attached hydrogens (tertiary/aromatic N) is 4. The third kappa shape index (κ3) is 4.35. The number of carbonyl (C=O) groups is 2. The van der Waals surface area contributed by atoms with Crippen molar-refractivity contribution in [3.8, 4) is 6.07 Å². The average Bonchev–Trinajstić information content (AvgIpc) is 3.17. The summed E-state index contributed by atoms with van der Waals surface area (Å²) in [4.78, 5) is 31.6. The molecule has 0 unspecified atom stereocenters. The summed E-state index contributed by atoms with van der Waals surface area (Å²) in [6.07, 6.45) is -4.15. The van der Waals surface area contributed by atoms with E-state index in [9.17, 15) is 22.8 Å². The second-order valence-corrected chi connectivity index (χ2v) is 8.32. The summed E-state index contributed by atoms with van der Waals surface area (Å²) in [6, 6.07) is 11.9. The summed E-state index contributed by atoms with van der Waals surface area (Å²) in [5.41, 5.74) is 6.62. The molecule has 2 aromatic rings. The second kappa shape index (κ2) is 9.43. The van der Waals surface area contributed by atoms with Crippen LogP contribution in [0.1, 0.15) is 36.1 Å². The van der Waals surface area contributed by atoms with E-state index < -0.39 is 23.8 Å². The third-order valence-corrected chi connectivity index (χ3v) is 6.23. The van der Waals surface area contributed by atoms with Gasteiger partial charge in [0.1, 0.15) is 0 Å². The molecule has 2 aliphatic rings. The number of nitriles is 1. The maximum absolute atomic E-state index is 13.9. The molecule has 2 N–H and O–H groups in total. The maximum Gasteiger partial charge on any atom is 0.416 e. The van der Waals surface area contributed by atoms with Crippen LogP contribution in [0.3, 0.4) is 0 Å². The van der Waals surface area contributed by atoms with Crippen LogP contribution in [0.15, 0.2) is 59.8 Å². The molecule has 0 bridgehead atoms. The number of anilines is 1. The van der Waals surface area contributed by atoms with Gasteiger partial charge in [-0.15, -0.1) is 0 Å². The highest BCUT2D eigenvalue weighted by atomic mass is 19.4. The number of rotatable bonds is 6. The molecule has 0 radical (unpaired) electrons. The smallest absolute Gasteiger partial charge is 0.333 e. The Hall–Kier alpha value is -3.84. The highest BCUT2D eigenvalue weighted by Gasteiger charge is 2.48. The van der Waals surface area contributed by atoms with E-state index in [-0.39, 0.29) is 31.2 Å². The van der Waals surface area contributed by atoms with Crippen LogP contribution in [0.2, 0.25) is 0 Å². The Morgan fingerprint density at radius 1 is 1.14 bits per heavy atom. The molecule has 2 aliphatic heterocycles. The number of hydrogen-bond donors (Lipinski definition) is 1. The molecule has 0 spiro atoms. The molecule has 35 heavy (non-hydrogen) atoms. The van der Waals surface area contributed by atoms with Gasteiger partial charge in [-0.25, -0.2) is 4.79 Å². The lowest BCUT2D eigenvalue weighted by Gasteiger charge is -2.41. The monoisotopic (exact) mass is 483 g/mol. The van der Waals surface area contributed by atoms with Crippen molar-refractivity contribution in [2.75, 3.05) is 31.1 Å². The van der Waals surface area contributed by atoms with E-state index in [1.54, 1.807) is 36.1 Å². The van der Waals surface area contributed by atoms with Crippen molar-refractivity contribution in [2.24, 2.45) is 5.73 Å². The lowest BCUT2D eigenvalue weighted by molar-refractivity contribution is -0.137. The Morgan fingerprint density at radius 2 is 1.86 bits per heavy atom. The van der Waals surface area contributed by atoms with E-state index >= 15 is 0 Å². The van der Waals surface area contributed by atoms with Crippen LogP contribution in [-0.2, 0) is 11.0 Å². The van der Waals surface area contributed by atoms with Crippen molar-refractivity contribution in [1.82, 2.24) is 9.80 Å². The van der Waals surface area contributed by atoms with Crippen LogP contribution in [-0.4, -0.2) is 47.9 Å². The van der Waals surface area contributed by atoms with Crippen LogP contribution < -0.4 is 10.6 Å². The molecular weight excluding hydrogens is 459 g/mol. The molecule has 0 saturated heterocycles. The number of urea groups is 1. The predicted molar refractivity (Wildman–Crippen MR) is 123 cm³/mol. The molecule has 182 valence electrons. The molecule has 3 amide bonds. The zero-order valence-electron chi connectivity index (χ0n) is 19.0. The Balaban J connectivity index is 1.91. The maximum atomic E-state index is 13.9. The third-order valence-electron chi connectivity index (χ3n) is 6.23. The quantitative estimate of drug-likeness (QED) is 0.672. The van der Waals surface area contributed by atoms with E-state index in [2.05, 4.69) is 0 Å². The molecule has 2 aromatic carbocycles. The van der Waals surface area contributed by atoms with Crippen LogP contribution in [0, 0.1) is 11.3 Å². The molecular formula is C25H24F3N5O2. The van der Waals surface area contributed by atoms with Gasteiger partial charge in [0, 0.05) is 13.1 Å². The largest absolute Gasteiger partial charge is 0.416 e. The van der Waals surface area contributed by atoms with Gasteiger partial charge in [-0.2, -0.15) is 18.4 Å². The zero-order chi connectivity index (χ0) is 25.3. The topological polar surface area (TPSA) is 93.7 Å². The minimum atomic E-state index is -4.59.